The molecule has 0 aliphatic carbocycles. The third-order valence-electron chi connectivity index (χ3n) is 3.44. The van der Waals surface area contributed by atoms with Crippen LogP contribution in [0.4, 0.5) is 5.69 Å². The number of ketones is 1. The Hall–Kier alpha value is -2.37. The first kappa shape index (κ1) is 16.0. The van der Waals surface area contributed by atoms with Gasteiger partial charge in [-0.3, -0.25) is 14.4 Å². The Morgan fingerprint density at radius 3 is 2.82 bits per heavy atom. The normalized spacial score (nSPS) is 13.4. The van der Waals surface area contributed by atoms with Crippen LogP contribution in [0.1, 0.15) is 37.0 Å². The number of amides is 2. The van der Waals surface area contributed by atoms with Crippen molar-refractivity contribution in [2.24, 2.45) is 0 Å². The van der Waals surface area contributed by atoms with E-state index >= 15 is 0 Å². The maximum Gasteiger partial charge on any atom is 0.265 e. The highest BCUT2D eigenvalue weighted by Gasteiger charge is 2.26. The molecule has 2 rings (SSSR count). The second-order valence-corrected chi connectivity index (χ2v) is 5.17. The van der Waals surface area contributed by atoms with Crippen LogP contribution in [-0.4, -0.2) is 37.3 Å². The number of benzene rings is 1. The van der Waals surface area contributed by atoms with Crippen molar-refractivity contribution >= 4 is 23.3 Å². The molecule has 0 atom stereocenters. The van der Waals surface area contributed by atoms with Gasteiger partial charge in [0.05, 0.1) is 5.69 Å². The van der Waals surface area contributed by atoms with Crippen LogP contribution < -0.4 is 15.0 Å². The molecule has 2 amide bonds. The highest BCUT2D eigenvalue weighted by molar-refractivity contribution is 6.01. The van der Waals surface area contributed by atoms with Gasteiger partial charge in [0.1, 0.15) is 5.75 Å². The Morgan fingerprint density at radius 1 is 1.36 bits per heavy atom. The molecular weight excluding hydrogens is 284 g/mol. The number of nitrogens with zero attached hydrogens (tertiary/aromatic N) is 1. The number of rotatable bonds is 6. The summed E-state index contributed by atoms with van der Waals surface area (Å²) >= 11 is 0. The largest absolute Gasteiger partial charge is 0.482 e. The molecule has 1 aromatic carbocycles. The molecule has 1 aliphatic rings. The molecule has 0 spiro atoms. The van der Waals surface area contributed by atoms with E-state index in [-0.39, 0.29) is 37.2 Å². The minimum absolute atomic E-state index is 0.0526. The van der Waals surface area contributed by atoms with E-state index in [0.29, 0.717) is 23.5 Å². The van der Waals surface area contributed by atoms with E-state index in [2.05, 4.69) is 5.32 Å². The van der Waals surface area contributed by atoms with Gasteiger partial charge in [-0.25, -0.2) is 0 Å². The molecule has 1 aliphatic heterocycles. The van der Waals surface area contributed by atoms with Crippen LogP contribution in [0.15, 0.2) is 18.2 Å². The zero-order valence-corrected chi connectivity index (χ0v) is 12.8. The molecule has 0 aromatic heterocycles. The fraction of sp³-hybridized carbons (Fsp3) is 0.438. The number of hydrogen-bond acceptors (Lipinski definition) is 4. The van der Waals surface area contributed by atoms with E-state index in [1.165, 1.54) is 11.8 Å². The first-order chi connectivity index (χ1) is 10.5. The predicted octanol–water partition coefficient (Wildman–Crippen LogP) is 1.53. The number of carbonyl (C=O) groups excluding carboxylic acids is 3. The summed E-state index contributed by atoms with van der Waals surface area (Å²) in [5.41, 5.74) is 1.06. The van der Waals surface area contributed by atoms with E-state index in [1.54, 1.807) is 18.2 Å². The average Bonchev–Trinajstić information content (AvgIpc) is 2.51. The molecule has 0 fully saturated rings. The SMILES string of the molecule is CCCNC(=O)CCN1C(=O)COc2ccc(C(C)=O)cc21. The lowest BCUT2D eigenvalue weighted by Gasteiger charge is -2.29. The minimum atomic E-state index is -0.212. The molecular formula is C16H20N2O4. The Balaban J connectivity index is 2.14. The summed E-state index contributed by atoms with van der Waals surface area (Å²) in [4.78, 5) is 36.8. The summed E-state index contributed by atoms with van der Waals surface area (Å²) in [6.45, 7) is 4.29. The molecule has 1 heterocycles. The van der Waals surface area contributed by atoms with Crippen LogP contribution >= 0.6 is 0 Å². The molecule has 118 valence electrons. The lowest BCUT2D eigenvalue weighted by Crippen LogP contribution is -2.41. The van der Waals surface area contributed by atoms with Crippen molar-refractivity contribution in [3.8, 4) is 5.75 Å². The summed E-state index contributed by atoms with van der Waals surface area (Å²) in [6.07, 6.45) is 1.09. The molecule has 0 bridgehead atoms. The Morgan fingerprint density at radius 2 is 2.14 bits per heavy atom. The predicted molar refractivity (Wildman–Crippen MR) is 82.2 cm³/mol. The van der Waals surface area contributed by atoms with Gasteiger partial charge in [-0.2, -0.15) is 0 Å². The molecule has 1 N–H and O–H groups in total. The Kier molecular flexibility index (Phi) is 5.14. The van der Waals surface area contributed by atoms with Crippen LogP contribution in [0, 0.1) is 0 Å². The van der Waals surface area contributed by atoms with Gasteiger partial charge in [-0.15, -0.1) is 0 Å². The van der Waals surface area contributed by atoms with E-state index in [0.717, 1.165) is 6.42 Å². The van der Waals surface area contributed by atoms with Gasteiger partial charge in [0, 0.05) is 25.1 Å². The van der Waals surface area contributed by atoms with E-state index in [1.807, 2.05) is 6.92 Å². The highest BCUT2D eigenvalue weighted by Crippen LogP contribution is 2.33. The molecule has 0 unspecified atom stereocenters. The lowest BCUT2D eigenvalue weighted by molar-refractivity contribution is -0.122. The highest BCUT2D eigenvalue weighted by atomic mass is 16.5. The van der Waals surface area contributed by atoms with Gasteiger partial charge in [-0.05, 0) is 31.5 Å². The standard InChI is InChI=1S/C16H20N2O4/c1-3-7-17-15(20)6-8-18-13-9-12(11(2)19)4-5-14(13)22-10-16(18)21/h4-5,9H,3,6-8,10H2,1-2H3,(H,17,20). The maximum atomic E-state index is 12.0. The van der Waals surface area contributed by atoms with Crippen LogP contribution in [0.3, 0.4) is 0 Å². The van der Waals surface area contributed by atoms with E-state index in [9.17, 15) is 14.4 Å². The van der Waals surface area contributed by atoms with Crippen LogP contribution in [0.2, 0.25) is 0 Å². The van der Waals surface area contributed by atoms with E-state index in [4.69, 9.17) is 4.74 Å². The number of fused-ring (bicyclic) bond motifs is 1. The van der Waals surface area contributed by atoms with Crippen molar-refractivity contribution in [2.75, 3.05) is 24.6 Å². The number of Topliss-reactive ketones (excluding diaryl/α,β-unsaturated/α-hetero) is 1. The summed E-state index contributed by atoms with van der Waals surface area (Å²) in [5.74, 6) is 0.168. The number of nitrogens with one attached hydrogen (secondary N) is 1. The third kappa shape index (κ3) is 3.63. The van der Waals surface area contributed by atoms with Gasteiger partial charge in [0.15, 0.2) is 12.4 Å². The van der Waals surface area contributed by atoms with E-state index < -0.39 is 0 Å². The topological polar surface area (TPSA) is 75.7 Å². The smallest absolute Gasteiger partial charge is 0.265 e. The Bertz CT molecular complexity index is 598. The number of carbonyl (C=O) groups is 3. The fourth-order valence-corrected chi connectivity index (χ4v) is 2.23. The quantitative estimate of drug-likeness (QED) is 0.809. The fourth-order valence-electron chi connectivity index (χ4n) is 2.23. The number of anilines is 1. The molecule has 0 saturated carbocycles. The lowest BCUT2D eigenvalue weighted by atomic mass is 10.1. The summed E-state index contributed by atoms with van der Waals surface area (Å²) in [6, 6.07) is 4.99. The van der Waals surface area contributed by atoms with Crippen molar-refractivity contribution in [2.45, 2.75) is 26.7 Å². The van der Waals surface area contributed by atoms with Crippen molar-refractivity contribution < 1.29 is 19.1 Å². The van der Waals surface area contributed by atoms with Crippen molar-refractivity contribution in [1.82, 2.24) is 5.32 Å². The molecule has 1 aromatic rings. The molecule has 6 heteroatoms. The van der Waals surface area contributed by atoms with Crippen LogP contribution in [-0.2, 0) is 9.59 Å². The zero-order valence-electron chi connectivity index (χ0n) is 12.8. The zero-order chi connectivity index (χ0) is 16.1. The summed E-state index contributed by atoms with van der Waals surface area (Å²) < 4.78 is 5.37. The van der Waals surface area contributed by atoms with Gasteiger partial charge in [-0.1, -0.05) is 6.92 Å². The third-order valence-corrected chi connectivity index (χ3v) is 3.44. The van der Waals surface area contributed by atoms with Crippen LogP contribution in [0.5, 0.6) is 5.75 Å². The van der Waals surface area contributed by atoms with Gasteiger partial charge >= 0.3 is 0 Å². The Labute approximate surface area is 129 Å². The molecule has 22 heavy (non-hydrogen) atoms. The first-order valence-electron chi connectivity index (χ1n) is 7.37. The summed E-state index contributed by atoms with van der Waals surface area (Å²) in [5, 5.41) is 2.78. The number of ether oxygens (including phenoxy) is 1. The van der Waals surface area contributed by atoms with Gasteiger partial charge in [0.25, 0.3) is 5.91 Å². The molecule has 0 saturated heterocycles. The second-order valence-electron chi connectivity index (χ2n) is 5.17. The van der Waals surface area contributed by atoms with Gasteiger partial charge in [0.2, 0.25) is 5.91 Å². The first-order valence-corrected chi connectivity index (χ1v) is 7.37. The maximum absolute atomic E-state index is 12.0. The van der Waals surface area contributed by atoms with Crippen molar-refractivity contribution in [3.05, 3.63) is 23.8 Å². The van der Waals surface area contributed by atoms with Crippen molar-refractivity contribution in [1.29, 1.82) is 0 Å². The van der Waals surface area contributed by atoms with Crippen LogP contribution in [0.25, 0.3) is 0 Å². The number of hydrogen-bond donors (Lipinski definition) is 1. The molecule has 0 radical (unpaired) electrons. The molecule has 6 nitrogen and oxygen atoms in total. The second kappa shape index (κ2) is 7.06. The summed E-state index contributed by atoms with van der Waals surface area (Å²) in [7, 11) is 0. The average molecular weight is 304 g/mol. The monoisotopic (exact) mass is 304 g/mol. The van der Waals surface area contributed by atoms with Gasteiger partial charge < -0.3 is 15.0 Å². The van der Waals surface area contributed by atoms with Crippen molar-refractivity contribution in [3.63, 3.8) is 0 Å². The minimum Gasteiger partial charge on any atom is -0.482 e.